The second kappa shape index (κ2) is 24.7. The van der Waals surface area contributed by atoms with Crippen molar-refractivity contribution in [2.45, 2.75) is 148 Å². The van der Waals surface area contributed by atoms with E-state index in [9.17, 15) is 0 Å². The van der Waals surface area contributed by atoms with Gasteiger partial charge in [-0.1, -0.05) is 142 Å². The zero-order chi connectivity index (χ0) is 20.5. The number of unbranched alkanes of at least 4 members (excludes halogenated alkanes) is 21. The van der Waals surface area contributed by atoms with Crippen molar-refractivity contribution >= 4 is 17.3 Å². The van der Waals surface area contributed by atoms with Crippen molar-refractivity contribution in [1.82, 2.24) is 5.32 Å². The summed E-state index contributed by atoms with van der Waals surface area (Å²) < 4.78 is 0. The Bertz CT molecular complexity index is 307. The van der Waals surface area contributed by atoms with Gasteiger partial charge < -0.3 is 11.1 Å². The predicted molar refractivity (Wildman–Crippen MR) is 132 cm³/mol. The molecule has 0 radical (unpaired) electrons. The fraction of sp³-hybridized carbons (Fsp3) is 0.960. The minimum absolute atomic E-state index is 0.434. The summed E-state index contributed by atoms with van der Waals surface area (Å²) in [5.41, 5.74) is 5.41. The molecule has 0 rings (SSSR count). The maximum atomic E-state index is 5.41. The second-order valence-electron chi connectivity index (χ2n) is 8.72. The molecule has 2 nitrogen and oxygen atoms in total. The number of rotatable bonds is 23. The summed E-state index contributed by atoms with van der Waals surface area (Å²) in [6, 6.07) is 0. The highest BCUT2D eigenvalue weighted by Crippen LogP contribution is 2.15. The fourth-order valence-corrected chi connectivity index (χ4v) is 4.05. The first kappa shape index (κ1) is 27.7. The molecule has 3 heteroatoms. The first-order chi connectivity index (χ1) is 13.8. The third kappa shape index (κ3) is 25.7. The van der Waals surface area contributed by atoms with Gasteiger partial charge in [0.2, 0.25) is 0 Å². The maximum absolute atomic E-state index is 5.41. The minimum atomic E-state index is 0.434. The lowest BCUT2D eigenvalue weighted by atomic mass is 10.0. The minimum Gasteiger partial charge on any atom is -0.376 e. The Morgan fingerprint density at radius 1 is 0.500 bits per heavy atom. The van der Waals surface area contributed by atoms with E-state index in [4.69, 9.17) is 18.0 Å². The van der Waals surface area contributed by atoms with Crippen LogP contribution in [0.5, 0.6) is 0 Å². The molecule has 168 valence electrons. The van der Waals surface area contributed by atoms with Crippen LogP contribution in [0.25, 0.3) is 0 Å². The van der Waals surface area contributed by atoms with Crippen molar-refractivity contribution in [2.75, 3.05) is 6.54 Å². The van der Waals surface area contributed by atoms with E-state index >= 15 is 0 Å². The van der Waals surface area contributed by atoms with Gasteiger partial charge >= 0.3 is 0 Å². The van der Waals surface area contributed by atoms with Gasteiger partial charge in [-0.25, -0.2) is 0 Å². The fourth-order valence-electron chi connectivity index (χ4n) is 3.95. The monoisotopic (exact) mass is 412 g/mol. The largest absolute Gasteiger partial charge is 0.376 e. The van der Waals surface area contributed by atoms with Gasteiger partial charge in [-0.3, -0.25) is 0 Å². The van der Waals surface area contributed by atoms with Crippen LogP contribution in [0.1, 0.15) is 148 Å². The van der Waals surface area contributed by atoms with Gasteiger partial charge in [0.15, 0.2) is 5.11 Å². The molecular formula is C25H52N2S. The van der Waals surface area contributed by atoms with Gasteiger partial charge in [0.1, 0.15) is 0 Å². The number of nitrogens with one attached hydrogen (secondary N) is 1. The highest BCUT2D eigenvalue weighted by molar-refractivity contribution is 7.80. The highest BCUT2D eigenvalue weighted by atomic mass is 32.1. The SMILES string of the molecule is CCCCCCCCCCCCCCCCCCCCCCCCNC(N)=S. The lowest BCUT2D eigenvalue weighted by Gasteiger charge is -2.05. The Morgan fingerprint density at radius 2 is 0.750 bits per heavy atom. The quantitative estimate of drug-likeness (QED) is 0.131. The molecule has 0 fully saturated rings. The van der Waals surface area contributed by atoms with Gasteiger partial charge in [0.05, 0.1) is 0 Å². The summed E-state index contributed by atoms with van der Waals surface area (Å²) in [5, 5.41) is 3.45. The molecule has 0 saturated heterocycles. The van der Waals surface area contributed by atoms with Crippen LogP contribution in [0.4, 0.5) is 0 Å². The molecule has 28 heavy (non-hydrogen) atoms. The molecule has 0 aromatic carbocycles. The lowest BCUT2D eigenvalue weighted by molar-refractivity contribution is 0.519. The van der Waals surface area contributed by atoms with E-state index in [0.29, 0.717) is 5.11 Å². The third-order valence-electron chi connectivity index (χ3n) is 5.83. The van der Waals surface area contributed by atoms with Crippen LogP contribution in [0.3, 0.4) is 0 Å². The van der Waals surface area contributed by atoms with Crippen LogP contribution in [0.2, 0.25) is 0 Å². The van der Waals surface area contributed by atoms with Crippen LogP contribution in [0, 0.1) is 0 Å². The standard InChI is InChI=1S/C25H52N2S/c1-2-3-4-5-6-7-8-9-10-11-12-13-14-15-16-17-18-19-20-21-22-23-24-27-25(26)28/h2-24H2,1H3,(H3,26,27,28). The maximum Gasteiger partial charge on any atom is 0.163 e. The van der Waals surface area contributed by atoms with Crippen LogP contribution in [-0.4, -0.2) is 11.7 Å². The number of hydrogen-bond acceptors (Lipinski definition) is 1. The highest BCUT2D eigenvalue weighted by Gasteiger charge is 1.96. The van der Waals surface area contributed by atoms with Gasteiger partial charge in [0.25, 0.3) is 0 Å². The molecule has 0 heterocycles. The molecular weight excluding hydrogens is 360 g/mol. The summed E-state index contributed by atoms with van der Waals surface area (Å²) >= 11 is 4.79. The van der Waals surface area contributed by atoms with Gasteiger partial charge in [0, 0.05) is 6.54 Å². The normalized spacial score (nSPS) is 11.0. The van der Waals surface area contributed by atoms with E-state index in [1.807, 2.05) is 0 Å². The van der Waals surface area contributed by atoms with Gasteiger partial charge in [-0.2, -0.15) is 0 Å². The van der Waals surface area contributed by atoms with Crippen LogP contribution in [-0.2, 0) is 0 Å². The number of nitrogens with two attached hydrogens (primary N) is 1. The summed E-state index contributed by atoms with van der Waals surface area (Å²) in [4.78, 5) is 0. The van der Waals surface area contributed by atoms with Crippen LogP contribution >= 0.6 is 12.2 Å². The van der Waals surface area contributed by atoms with Crippen molar-refractivity contribution in [3.63, 3.8) is 0 Å². The van der Waals surface area contributed by atoms with E-state index < -0.39 is 0 Å². The molecule has 0 aromatic rings. The van der Waals surface area contributed by atoms with Crippen molar-refractivity contribution in [3.05, 3.63) is 0 Å². The van der Waals surface area contributed by atoms with E-state index in [2.05, 4.69) is 12.2 Å². The first-order valence-electron chi connectivity index (χ1n) is 12.8. The Morgan fingerprint density at radius 3 is 1.00 bits per heavy atom. The van der Waals surface area contributed by atoms with Crippen molar-refractivity contribution in [1.29, 1.82) is 0 Å². The average molecular weight is 413 g/mol. The zero-order valence-corrected chi connectivity index (χ0v) is 20.1. The van der Waals surface area contributed by atoms with Crippen molar-refractivity contribution < 1.29 is 0 Å². The lowest BCUT2D eigenvalue weighted by Crippen LogP contribution is -2.29. The smallest absolute Gasteiger partial charge is 0.163 e. The van der Waals surface area contributed by atoms with Gasteiger partial charge in [-0.05, 0) is 18.6 Å². The molecule has 0 spiro atoms. The number of hydrogen-bond donors (Lipinski definition) is 2. The Labute approximate surface area is 183 Å². The summed E-state index contributed by atoms with van der Waals surface area (Å²) in [6.45, 7) is 3.24. The predicted octanol–water partition coefficient (Wildman–Crippen LogP) is 8.42. The Balaban J connectivity index is 2.99. The first-order valence-corrected chi connectivity index (χ1v) is 13.2. The molecule has 0 bridgehead atoms. The molecule has 3 N–H and O–H groups in total. The summed E-state index contributed by atoms with van der Waals surface area (Å²) in [6.07, 6.45) is 31.4. The zero-order valence-electron chi connectivity index (χ0n) is 19.2. The number of thiocarbonyl (C=S) groups is 1. The van der Waals surface area contributed by atoms with Crippen molar-refractivity contribution in [3.8, 4) is 0 Å². The van der Waals surface area contributed by atoms with E-state index in [0.717, 1.165) is 6.54 Å². The van der Waals surface area contributed by atoms with E-state index in [-0.39, 0.29) is 0 Å². The second-order valence-corrected chi connectivity index (χ2v) is 9.16. The Hall–Kier alpha value is -0.310. The average Bonchev–Trinajstić information content (AvgIpc) is 2.68. The molecule has 0 atom stereocenters. The topological polar surface area (TPSA) is 38.0 Å². The van der Waals surface area contributed by atoms with Crippen molar-refractivity contribution in [2.24, 2.45) is 5.73 Å². The molecule has 0 aliphatic heterocycles. The molecule has 0 saturated carbocycles. The van der Waals surface area contributed by atoms with E-state index in [1.165, 1.54) is 141 Å². The van der Waals surface area contributed by atoms with Gasteiger partial charge in [-0.15, -0.1) is 0 Å². The molecule has 0 aromatic heterocycles. The summed E-state index contributed by atoms with van der Waals surface area (Å²) in [7, 11) is 0. The summed E-state index contributed by atoms with van der Waals surface area (Å²) in [5.74, 6) is 0. The Kier molecular flexibility index (Phi) is 24.5. The molecule has 0 aliphatic rings. The molecule has 0 unspecified atom stereocenters. The van der Waals surface area contributed by atoms with Crippen LogP contribution in [0.15, 0.2) is 0 Å². The molecule has 0 amide bonds. The third-order valence-corrected chi connectivity index (χ3v) is 5.97. The molecule has 0 aliphatic carbocycles. The van der Waals surface area contributed by atoms with Crippen LogP contribution < -0.4 is 11.1 Å². The van der Waals surface area contributed by atoms with E-state index in [1.54, 1.807) is 0 Å².